The summed E-state index contributed by atoms with van der Waals surface area (Å²) in [5.41, 5.74) is 6.18. The largest absolute Gasteiger partial charge is 0.491 e. The Kier molecular flexibility index (Phi) is 4.98. The van der Waals surface area contributed by atoms with E-state index in [2.05, 4.69) is 19.3 Å². The fourth-order valence-electron chi connectivity index (χ4n) is 3.01. The summed E-state index contributed by atoms with van der Waals surface area (Å²) in [5.74, 6) is 0.0887. The maximum atomic E-state index is 12.0. The van der Waals surface area contributed by atoms with Gasteiger partial charge in [-0.25, -0.2) is 24.1 Å². The van der Waals surface area contributed by atoms with Crippen LogP contribution in [0.25, 0.3) is 11.2 Å². The highest BCUT2D eigenvalue weighted by atomic mass is 31.3. The molecule has 2 aliphatic heterocycles. The number of phosphoric acid groups is 2. The number of fused-ring (bicyclic) bond motifs is 1. The van der Waals surface area contributed by atoms with E-state index in [1.165, 1.54) is 29.6 Å². The normalized spacial score (nSPS) is 31.4. The van der Waals surface area contributed by atoms with Crippen molar-refractivity contribution in [2.75, 3.05) is 5.73 Å². The zero-order valence-corrected chi connectivity index (χ0v) is 16.0. The van der Waals surface area contributed by atoms with Gasteiger partial charge in [0.05, 0.1) is 12.6 Å². The van der Waals surface area contributed by atoms with Gasteiger partial charge in [0.15, 0.2) is 17.7 Å². The highest BCUT2D eigenvalue weighted by Crippen LogP contribution is 2.59. The van der Waals surface area contributed by atoms with Crippen LogP contribution in [0.3, 0.4) is 0 Å². The number of hydrogen-bond donors (Lipinski definition) is 5. The summed E-state index contributed by atoms with van der Waals surface area (Å²) < 4.78 is 43.7. The van der Waals surface area contributed by atoms with Crippen molar-refractivity contribution in [2.24, 2.45) is 0 Å². The Morgan fingerprint density at radius 3 is 2.55 bits per heavy atom. The van der Waals surface area contributed by atoms with E-state index < -0.39 is 46.3 Å². The molecule has 0 aromatic carbocycles. The molecular weight excluding hydrogens is 436 g/mol. The van der Waals surface area contributed by atoms with Crippen LogP contribution in [0.5, 0.6) is 0 Å². The number of hydrogen-bond acceptors (Lipinski definition) is 11. The minimum absolute atomic E-state index is 0.0887. The first-order chi connectivity index (χ1) is 13.6. The predicted molar refractivity (Wildman–Crippen MR) is 91.5 cm³/mol. The van der Waals surface area contributed by atoms with Crippen molar-refractivity contribution in [1.82, 2.24) is 19.5 Å². The summed E-state index contributed by atoms with van der Waals surface area (Å²) in [4.78, 5) is 39.1. The van der Waals surface area contributed by atoms with Crippen molar-refractivity contribution in [1.29, 1.82) is 0 Å². The van der Waals surface area contributed by atoms with Crippen molar-refractivity contribution in [3.8, 4) is 0 Å². The van der Waals surface area contributed by atoms with E-state index in [4.69, 9.17) is 29.5 Å². The molecular formula is C12H15N5O10P2. The molecule has 2 unspecified atom stereocenters. The lowest BCUT2D eigenvalue weighted by atomic mass is 10.0. The van der Waals surface area contributed by atoms with E-state index >= 15 is 0 Å². The molecule has 0 bridgehead atoms. The van der Waals surface area contributed by atoms with E-state index in [9.17, 15) is 19.1 Å². The van der Waals surface area contributed by atoms with Gasteiger partial charge in [-0.05, 0) is 6.08 Å². The number of aromatic nitrogens is 4. The molecule has 2 aromatic rings. The zero-order chi connectivity index (χ0) is 21.0. The van der Waals surface area contributed by atoms with Gasteiger partial charge >= 0.3 is 15.6 Å². The summed E-state index contributed by atoms with van der Waals surface area (Å²) in [6, 6.07) is 0. The van der Waals surface area contributed by atoms with Crippen molar-refractivity contribution in [2.45, 2.75) is 30.6 Å². The minimum atomic E-state index is -5.35. The lowest BCUT2D eigenvalue weighted by Crippen LogP contribution is -2.42. The Morgan fingerprint density at radius 1 is 1.21 bits per heavy atom. The van der Waals surface area contributed by atoms with Gasteiger partial charge in [0.2, 0.25) is 0 Å². The van der Waals surface area contributed by atoms with E-state index in [1.54, 1.807) is 0 Å². The maximum Gasteiger partial charge on any atom is 0.481 e. The first kappa shape index (κ1) is 20.3. The molecule has 0 radical (unpaired) electrons. The van der Waals surface area contributed by atoms with E-state index in [-0.39, 0.29) is 17.0 Å². The molecule has 6 atom stereocenters. The molecule has 29 heavy (non-hydrogen) atoms. The molecule has 2 aromatic heterocycles. The van der Waals surface area contributed by atoms with Crippen LogP contribution in [-0.4, -0.2) is 63.7 Å². The third-order valence-corrected chi connectivity index (χ3v) is 6.39. The number of imidazole rings is 1. The standard InChI is InChI=1S/C12H15N5O10P2/c13-10-6-11(15-3-14-10)17(4-16-6)12-7(18)9(8(25-12)5-1-2-24-5)26-29(22,23)27-28(19,20)21/h1-5,7-9,12,18H,(H,22,23)(H2,13,14,15)(H2,19,20,21)/t5?,7-,8-,9+,12-/m1/s1. The van der Waals surface area contributed by atoms with Gasteiger partial charge in [0.1, 0.15) is 36.3 Å². The first-order valence-corrected chi connectivity index (χ1v) is 10.9. The number of nitrogens with zero attached hydrogens (tertiary/aromatic N) is 4. The Labute approximate surface area is 161 Å². The number of nitrogen functional groups attached to an aromatic ring is 1. The third kappa shape index (κ3) is 3.92. The van der Waals surface area contributed by atoms with Crippen LogP contribution in [0.15, 0.2) is 25.0 Å². The summed E-state index contributed by atoms with van der Waals surface area (Å²) in [6.07, 6.45) is -0.953. The number of rotatable bonds is 6. The van der Waals surface area contributed by atoms with Crippen LogP contribution >= 0.6 is 15.6 Å². The fourth-order valence-corrected chi connectivity index (χ4v) is 4.79. The second kappa shape index (κ2) is 7.09. The second-order valence-corrected chi connectivity index (χ2v) is 8.89. The lowest BCUT2D eigenvalue weighted by Gasteiger charge is -2.29. The molecule has 1 saturated heterocycles. The third-order valence-electron chi connectivity index (χ3n) is 4.20. The number of nitrogens with two attached hydrogens (primary N) is 1. The summed E-state index contributed by atoms with van der Waals surface area (Å²) >= 11 is 0. The van der Waals surface area contributed by atoms with Gasteiger partial charge in [-0.1, -0.05) is 0 Å². The molecule has 0 aliphatic carbocycles. The molecule has 0 amide bonds. The highest BCUT2D eigenvalue weighted by Gasteiger charge is 2.53. The van der Waals surface area contributed by atoms with Crippen LogP contribution in [0.1, 0.15) is 6.23 Å². The molecule has 17 heteroatoms. The van der Waals surface area contributed by atoms with Crippen LogP contribution in [0.4, 0.5) is 5.82 Å². The smallest absolute Gasteiger partial charge is 0.481 e. The Hall–Kier alpha value is -1.93. The highest BCUT2D eigenvalue weighted by molar-refractivity contribution is 7.60. The van der Waals surface area contributed by atoms with Crippen molar-refractivity contribution < 1.29 is 47.2 Å². The number of ether oxygens (including phenoxy) is 2. The Morgan fingerprint density at radius 2 is 1.93 bits per heavy atom. The van der Waals surface area contributed by atoms with E-state index in [0.717, 1.165) is 0 Å². The lowest BCUT2D eigenvalue weighted by molar-refractivity contribution is -0.0834. The summed E-state index contributed by atoms with van der Waals surface area (Å²) in [7, 11) is -10.6. The first-order valence-electron chi connectivity index (χ1n) is 7.92. The average Bonchev–Trinajstić information content (AvgIpc) is 3.08. The SMILES string of the molecule is Nc1ncnc2c1ncn2[C@@H]1O[C@H](C2C=CO2)[C@@H](OP(=O)(O)OP(=O)(O)O)[C@H]1O. The molecule has 6 N–H and O–H groups in total. The molecule has 15 nitrogen and oxygen atoms in total. The van der Waals surface area contributed by atoms with Gasteiger partial charge in [-0.3, -0.25) is 9.09 Å². The zero-order valence-electron chi connectivity index (χ0n) is 14.2. The molecule has 4 heterocycles. The van der Waals surface area contributed by atoms with Crippen LogP contribution in [0.2, 0.25) is 0 Å². The Bertz CT molecular complexity index is 1050. The van der Waals surface area contributed by atoms with Crippen LogP contribution < -0.4 is 5.73 Å². The molecule has 4 rings (SSSR count). The minimum Gasteiger partial charge on any atom is -0.491 e. The van der Waals surface area contributed by atoms with Crippen molar-refractivity contribution in [3.05, 3.63) is 25.0 Å². The molecule has 158 valence electrons. The van der Waals surface area contributed by atoms with Gasteiger partial charge in [-0.15, -0.1) is 0 Å². The topological polar surface area (TPSA) is 222 Å². The Balaban J connectivity index is 1.66. The van der Waals surface area contributed by atoms with E-state index in [1.807, 2.05) is 0 Å². The summed E-state index contributed by atoms with van der Waals surface area (Å²) in [6.45, 7) is 0. The number of anilines is 1. The van der Waals surface area contributed by atoms with Crippen molar-refractivity contribution >= 4 is 32.6 Å². The maximum absolute atomic E-state index is 12.0. The van der Waals surface area contributed by atoms with Gasteiger partial charge in [0.25, 0.3) is 0 Å². The average molecular weight is 451 g/mol. The quantitative estimate of drug-likeness (QED) is 0.339. The van der Waals surface area contributed by atoms with Gasteiger partial charge in [0, 0.05) is 0 Å². The van der Waals surface area contributed by atoms with E-state index in [0.29, 0.717) is 0 Å². The van der Waals surface area contributed by atoms with Gasteiger partial charge in [-0.2, -0.15) is 4.31 Å². The monoisotopic (exact) mass is 451 g/mol. The number of aliphatic hydroxyl groups excluding tert-OH is 1. The number of aliphatic hydroxyl groups is 1. The molecule has 2 aliphatic rings. The number of phosphoric ester groups is 1. The fraction of sp³-hybridized carbons (Fsp3) is 0.417. The molecule has 1 fully saturated rings. The van der Waals surface area contributed by atoms with Gasteiger partial charge < -0.3 is 35.0 Å². The molecule has 0 saturated carbocycles. The summed E-state index contributed by atoms with van der Waals surface area (Å²) in [5, 5.41) is 10.7. The predicted octanol–water partition coefficient (Wildman–Crippen LogP) is -0.826. The van der Waals surface area contributed by atoms with Crippen LogP contribution in [-0.2, 0) is 27.4 Å². The van der Waals surface area contributed by atoms with Crippen molar-refractivity contribution in [3.63, 3.8) is 0 Å². The van der Waals surface area contributed by atoms with Crippen LogP contribution in [0, 0.1) is 0 Å². The molecule has 0 spiro atoms. The second-order valence-electron chi connectivity index (χ2n) is 6.10.